The van der Waals surface area contributed by atoms with Crippen LogP contribution in [0.3, 0.4) is 0 Å². The molecule has 1 rings (SSSR count). The molecule has 0 atom stereocenters. The first-order valence-corrected chi connectivity index (χ1v) is 4.80. The lowest BCUT2D eigenvalue weighted by Crippen LogP contribution is -2.03. The van der Waals surface area contributed by atoms with E-state index in [1.165, 1.54) is 0 Å². The number of rotatable bonds is 4. The van der Waals surface area contributed by atoms with Gasteiger partial charge in [0.05, 0.1) is 5.56 Å². The molecule has 0 N–H and O–H groups in total. The second-order valence-electron chi connectivity index (χ2n) is 3.77. The Labute approximate surface area is 89.1 Å². The van der Waals surface area contributed by atoms with E-state index in [0.29, 0.717) is 11.5 Å². The molecule has 0 aliphatic heterocycles. The van der Waals surface area contributed by atoms with Gasteiger partial charge in [-0.1, -0.05) is 26.0 Å². The summed E-state index contributed by atoms with van der Waals surface area (Å²) in [5.41, 5.74) is 1.53. The fourth-order valence-electron chi connectivity index (χ4n) is 1.35. The van der Waals surface area contributed by atoms with Crippen LogP contribution in [0, 0.1) is 5.92 Å². The quantitative estimate of drug-likeness (QED) is 0.558. The Morgan fingerprint density at radius 2 is 1.93 bits per heavy atom. The lowest BCUT2D eigenvalue weighted by atomic mass is 10.0. The highest BCUT2D eigenvalue weighted by atomic mass is 16.6. The van der Waals surface area contributed by atoms with Gasteiger partial charge in [0.15, 0.2) is 0 Å². The van der Waals surface area contributed by atoms with Gasteiger partial charge in [-0.2, -0.15) is 0 Å². The average Bonchev–Trinajstić information content (AvgIpc) is 2.18. The van der Waals surface area contributed by atoms with Gasteiger partial charge in [0.2, 0.25) is 0 Å². The third-order valence-electron chi connectivity index (χ3n) is 1.97. The van der Waals surface area contributed by atoms with Crippen LogP contribution in [0.1, 0.15) is 29.8 Å². The Kier molecular flexibility index (Phi) is 4.03. The highest BCUT2D eigenvalue weighted by Crippen LogP contribution is 2.10. The van der Waals surface area contributed by atoms with Gasteiger partial charge in [-0.05, 0) is 30.0 Å². The van der Waals surface area contributed by atoms with Crippen LogP contribution in [-0.2, 0) is 16.0 Å². The van der Waals surface area contributed by atoms with Crippen molar-refractivity contribution in [2.75, 3.05) is 0 Å². The minimum Gasteiger partial charge on any atom is -0.381 e. The molecule has 1 radical (unpaired) electrons. The van der Waals surface area contributed by atoms with Crippen LogP contribution in [0.5, 0.6) is 0 Å². The molecule has 3 heteroatoms. The Balaban J connectivity index is 2.71. The molecule has 0 saturated carbocycles. The Morgan fingerprint density at radius 1 is 1.33 bits per heavy atom. The number of esters is 1. The van der Waals surface area contributed by atoms with E-state index in [-0.39, 0.29) is 0 Å². The summed E-state index contributed by atoms with van der Waals surface area (Å²) in [6, 6.07) is 7.03. The van der Waals surface area contributed by atoms with Gasteiger partial charge in [-0.25, -0.2) is 9.59 Å². The van der Waals surface area contributed by atoms with Crippen molar-refractivity contribution in [1.82, 2.24) is 0 Å². The standard InChI is InChI=1S/C12H13O3/c1-9(2)7-10-3-5-11(6-4-10)12(14)15-8-13/h3-6,9H,7H2,1-2H3. The van der Waals surface area contributed by atoms with E-state index in [9.17, 15) is 9.59 Å². The first-order chi connectivity index (χ1) is 7.13. The molecule has 0 aromatic heterocycles. The Bertz CT molecular complexity index is 338. The van der Waals surface area contributed by atoms with E-state index in [2.05, 4.69) is 18.6 Å². The molecule has 79 valence electrons. The summed E-state index contributed by atoms with van der Waals surface area (Å²) in [5, 5.41) is 0. The maximum absolute atomic E-state index is 11.1. The molecule has 1 aromatic rings. The van der Waals surface area contributed by atoms with Gasteiger partial charge in [0.1, 0.15) is 0 Å². The molecule has 0 aliphatic carbocycles. The third kappa shape index (κ3) is 3.54. The predicted octanol–water partition coefficient (Wildman–Crippen LogP) is 2.11. The van der Waals surface area contributed by atoms with Gasteiger partial charge < -0.3 is 4.74 Å². The summed E-state index contributed by atoms with van der Waals surface area (Å²) in [6.07, 6.45) is 0.967. The molecule has 0 aliphatic rings. The molecule has 0 bridgehead atoms. The van der Waals surface area contributed by atoms with Crippen LogP contribution in [0.2, 0.25) is 0 Å². The molecule has 15 heavy (non-hydrogen) atoms. The Hall–Kier alpha value is -1.64. The molecule has 0 fully saturated rings. The van der Waals surface area contributed by atoms with Gasteiger partial charge in [0.25, 0.3) is 0 Å². The number of ether oxygens (including phenoxy) is 1. The zero-order valence-corrected chi connectivity index (χ0v) is 8.82. The lowest BCUT2D eigenvalue weighted by molar-refractivity contribution is 0.0710. The van der Waals surface area contributed by atoms with E-state index in [4.69, 9.17) is 0 Å². The summed E-state index contributed by atoms with van der Waals surface area (Å²) in [4.78, 5) is 20.9. The molecule has 0 heterocycles. The van der Waals surface area contributed by atoms with Crippen molar-refractivity contribution < 1.29 is 14.3 Å². The van der Waals surface area contributed by atoms with Crippen molar-refractivity contribution in [3.8, 4) is 0 Å². The summed E-state index contributed by atoms with van der Waals surface area (Å²) in [5.74, 6) is -0.0905. The Morgan fingerprint density at radius 3 is 2.40 bits per heavy atom. The van der Waals surface area contributed by atoms with Crippen LogP contribution < -0.4 is 0 Å². The summed E-state index contributed by atoms with van der Waals surface area (Å²) in [7, 11) is 0. The number of carbonyl (C=O) groups is 1. The summed E-state index contributed by atoms with van der Waals surface area (Å²) < 4.78 is 4.10. The normalized spacial score (nSPS) is 10.1. The minimum absolute atomic E-state index is 0.367. The van der Waals surface area contributed by atoms with Gasteiger partial charge in [-0.15, -0.1) is 0 Å². The fourth-order valence-corrected chi connectivity index (χ4v) is 1.35. The average molecular weight is 205 g/mol. The second kappa shape index (κ2) is 5.29. The molecule has 0 unspecified atom stereocenters. The van der Waals surface area contributed by atoms with Crippen LogP contribution in [0.15, 0.2) is 24.3 Å². The SMILES string of the molecule is CC(C)Cc1ccc(C(=O)O[C]=O)cc1. The monoisotopic (exact) mass is 205 g/mol. The number of hydrogen-bond donors (Lipinski definition) is 0. The minimum atomic E-state index is -0.666. The summed E-state index contributed by atoms with van der Waals surface area (Å²) in [6.45, 7) is 5.37. The zero-order chi connectivity index (χ0) is 11.3. The van der Waals surface area contributed by atoms with Gasteiger partial charge >= 0.3 is 12.4 Å². The summed E-state index contributed by atoms with van der Waals surface area (Å²) >= 11 is 0. The fraction of sp³-hybridized carbons (Fsp3) is 0.333. The number of benzene rings is 1. The maximum Gasteiger partial charge on any atom is 0.425 e. The molecule has 3 nitrogen and oxygen atoms in total. The zero-order valence-electron chi connectivity index (χ0n) is 8.82. The van der Waals surface area contributed by atoms with E-state index in [1.54, 1.807) is 12.1 Å². The molecular formula is C12H13O3. The van der Waals surface area contributed by atoms with Crippen LogP contribution in [0.4, 0.5) is 0 Å². The molecule has 0 spiro atoms. The van der Waals surface area contributed by atoms with Crippen molar-refractivity contribution in [2.24, 2.45) is 5.92 Å². The molecular weight excluding hydrogens is 192 g/mol. The van der Waals surface area contributed by atoms with E-state index in [0.717, 1.165) is 18.5 Å². The topological polar surface area (TPSA) is 43.4 Å². The number of carbonyl (C=O) groups excluding carboxylic acids is 2. The van der Waals surface area contributed by atoms with Crippen LogP contribution in [-0.4, -0.2) is 12.4 Å². The van der Waals surface area contributed by atoms with Crippen molar-refractivity contribution in [3.63, 3.8) is 0 Å². The van der Waals surface area contributed by atoms with E-state index in [1.807, 2.05) is 12.1 Å². The predicted molar refractivity (Wildman–Crippen MR) is 56.1 cm³/mol. The van der Waals surface area contributed by atoms with E-state index >= 15 is 0 Å². The van der Waals surface area contributed by atoms with Gasteiger partial charge in [0, 0.05) is 0 Å². The first-order valence-electron chi connectivity index (χ1n) is 4.80. The van der Waals surface area contributed by atoms with Crippen LogP contribution >= 0.6 is 0 Å². The van der Waals surface area contributed by atoms with Crippen LogP contribution in [0.25, 0.3) is 0 Å². The highest BCUT2D eigenvalue weighted by Gasteiger charge is 2.06. The first kappa shape index (κ1) is 11.4. The lowest BCUT2D eigenvalue weighted by Gasteiger charge is -2.04. The van der Waals surface area contributed by atoms with Gasteiger partial charge in [-0.3, -0.25) is 0 Å². The number of hydrogen-bond acceptors (Lipinski definition) is 3. The smallest absolute Gasteiger partial charge is 0.381 e. The molecule has 0 saturated heterocycles. The van der Waals surface area contributed by atoms with E-state index < -0.39 is 5.97 Å². The van der Waals surface area contributed by atoms with Crippen molar-refractivity contribution in [1.29, 1.82) is 0 Å². The second-order valence-corrected chi connectivity index (χ2v) is 3.77. The highest BCUT2D eigenvalue weighted by molar-refractivity contribution is 5.93. The van der Waals surface area contributed by atoms with Crippen molar-refractivity contribution in [2.45, 2.75) is 20.3 Å². The van der Waals surface area contributed by atoms with Crippen molar-refractivity contribution >= 4 is 12.4 Å². The maximum atomic E-state index is 11.1. The molecule has 0 amide bonds. The molecule has 1 aromatic carbocycles. The van der Waals surface area contributed by atoms with Crippen molar-refractivity contribution in [3.05, 3.63) is 35.4 Å². The third-order valence-corrected chi connectivity index (χ3v) is 1.97. The largest absolute Gasteiger partial charge is 0.425 e.